The molecule has 0 aliphatic heterocycles. The van der Waals surface area contributed by atoms with Crippen molar-refractivity contribution in [2.75, 3.05) is 6.26 Å². The summed E-state index contributed by atoms with van der Waals surface area (Å²) in [6.07, 6.45) is 11.7. The second-order valence-corrected chi connectivity index (χ2v) is 14.9. The molecular formula is C34H27F2IN10O2S. The molecule has 0 N–H and O–H groups in total. The predicted octanol–water partition coefficient (Wildman–Crippen LogP) is 6.21. The van der Waals surface area contributed by atoms with Crippen LogP contribution in [0.15, 0.2) is 98.1 Å². The second-order valence-electron chi connectivity index (χ2n) is 11.6. The molecule has 50 heavy (non-hydrogen) atoms. The maximum Gasteiger partial charge on any atom is 0.151 e. The highest BCUT2D eigenvalue weighted by Crippen LogP contribution is 2.33. The Hall–Kier alpha value is -5.36. The highest BCUT2D eigenvalue weighted by atomic mass is 127. The van der Waals surface area contributed by atoms with Crippen molar-refractivity contribution in [1.29, 1.82) is 0 Å². The average molecular weight is 805 g/mol. The number of hydrogen-bond donors (Lipinski definition) is 0. The molecule has 0 atom stereocenters. The fraction of sp³-hybridized carbons (Fsp3) is 0.118. The maximum atomic E-state index is 14.6. The Kier molecular flexibility index (Phi) is 8.73. The molecule has 0 spiro atoms. The van der Waals surface area contributed by atoms with Gasteiger partial charge in [0.2, 0.25) is 0 Å². The van der Waals surface area contributed by atoms with Crippen LogP contribution >= 0.6 is 22.6 Å². The largest absolute Gasteiger partial charge is 0.238 e. The van der Waals surface area contributed by atoms with Gasteiger partial charge in [-0.2, -0.15) is 20.4 Å². The van der Waals surface area contributed by atoms with Crippen molar-refractivity contribution in [2.24, 2.45) is 0 Å². The predicted molar refractivity (Wildman–Crippen MR) is 192 cm³/mol. The van der Waals surface area contributed by atoms with Crippen molar-refractivity contribution in [3.63, 3.8) is 0 Å². The summed E-state index contributed by atoms with van der Waals surface area (Å²) in [5.41, 5.74) is 6.10. The molecule has 0 radical (unpaired) electrons. The monoisotopic (exact) mass is 804 g/mol. The average Bonchev–Trinajstić information content (AvgIpc) is 3.87. The van der Waals surface area contributed by atoms with E-state index < -0.39 is 21.5 Å². The topological polar surface area (TPSA) is 130 Å². The lowest BCUT2D eigenvalue weighted by molar-refractivity contribution is 0.585. The Balaban J connectivity index is 0.000000203. The van der Waals surface area contributed by atoms with E-state index in [0.29, 0.717) is 22.5 Å². The van der Waals surface area contributed by atoms with E-state index in [4.69, 9.17) is 0 Å². The van der Waals surface area contributed by atoms with E-state index >= 15 is 0 Å². The van der Waals surface area contributed by atoms with Gasteiger partial charge in [-0.1, -0.05) is 0 Å². The molecule has 0 unspecified atom stereocenters. The first kappa shape index (κ1) is 33.2. The molecule has 8 rings (SSSR count). The van der Waals surface area contributed by atoms with Crippen molar-refractivity contribution in [3.05, 3.63) is 131 Å². The molecule has 0 aliphatic carbocycles. The summed E-state index contributed by atoms with van der Waals surface area (Å²) in [6.45, 7) is 3.66. The van der Waals surface area contributed by atoms with Gasteiger partial charge in [0.15, 0.2) is 9.84 Å². The van der Waals surface area contributed by atoms with Gasteiger partial charge in [0.05, 0.1) is 56.5 Å². The number of nitrogens with zero attached hydrogens (tertiary/aromatic N) is 10. The number of rotatable bonds is 6. The van der Waals surface area contributed by atoms with Gasteiger partial charge >= 0.3 is 0 Å². The third kappa shape index (κ3) is 7.02. The molecule has 0 aliphatic rings. The summed E-state index contributed by atoms with van der Waals surface area (Å²) in [7, 11) is -3.35. The molecule has 8 aromatic rings. The fourth-order valence-electron chi connectivity index (χ4n) is 5.46. The van der Waals surface area contributed by atoms with E-state index in [0.717, 1.165) is 49.7 Å². The first-order valence-corrected chi connectivity index (χ1v) is 18.2. The lowest BCUT2D eigenvalue weighted by Gasteiger charge is -2.11. The standard InChI is InChI=1S/C24H19F2N5O2S.C10H8IN5/c1-15-27-14-31(29-15)20-4-6-24-22(11-28-30(24)12-20)18-8-16(13-34(2,32)33)7-17(9-18)21-5-3-19(25)10-23(21)26;1-7-12-6-16(14-7)8-2-3-10-9(11)4-13-15(10)5-8/h3-12,14H,13H2,1-2H3;2-6H,1H3. The molecular weight excluding hydrogens is 777 g/mol. The maximum absolute atomic E-state index is 14.6. The Bertz CT molecular complexity index is 2650. The van der Waals surface area contributed by atoms with E-state index in [1.807, 2.05) is 48.1 Å². The molecule has 0 amide bonds. The summed E-state index contributed by atoms with van der Waals surface area (Å²) >= 11 is 2.27. The molecule has 0 saturated heterocycles. The van der Waals surface area contributed by atoms with Crippen LogP contribution in [0.25, 0.3) is 44.7 Å². The van der Waals surface area contributed by atoms with Crippen LogP contribution in [-0.4, -0.2) is 63.4 Å². The quantitative estimate of drug-likeness (QED) is 0.182. The molecule has 6 aromatic heterocycles. The van der Waals surface area contributed by atoms with Crippen molar-refractivity contribution < 1.29 is 17.2 Å². The zero-order valence-corrected chi connectivity index (χ0v) is 29.7. The SMILES string of the molecule is Cc1ncn(-c2ccc3c(-c4cc(CS(C)(=O)=O)cc(-c5ccc(F)cc5F)c4)cnn3c2)n1.Cc1ncn(-c2ccc3c(I)cnn3c2)n1. The van der Waals surface area contributed by atoms with Gasteiger partial charge in [-0.15, -0.1) is 0 Å². The summed E-state index contributed by atoms with van der Waals surface area (Å²) in [4.78, 5) is 8.23. The summed E-state index contributed by atoms with van der Waals surface area (Å²) in [5.74, 6) is -0.226. The highest BCUT2D eigenvalue weighted by molar-refractivity contribution is 14.1. The number of sulfone groups is 1. The zero-order valence-electron chi connectivity index (χ0n) is 26.8. The number of benzene rings is 2. The van der Waals surface area contributed by atoms with Crippen LogP contribution in [0.3, 0.4) is 0 Å². The molecule has 12 nitrogen and oxygen atoms in total. The molecule has 0 fully saturated rings. The second kappa shape index (κ2) is 13.2. The third-order valence-electron chi connectivity index (χ3n) is 7.67. The number of pyridine rings is 2. The van der Waals surface area contributed by atoms with E-state index in [9.17, 15) is 17.2 Å². The molecule has 0 bridgehead atoms. The van der Waals surface area contributed by atoms with E-state index in [1.54, 1.807) is 64.1 Å². The Morgan fingerprint density at radius 1 is 0.720 bits per heavy atom. The van der Waals surface area contributed by atoms with Crippen molar-refractivity contribution in [3.8, 4) is 33.6 Å². The first-order valence-electron chi connectivity index (χ1n) is 15.1. The van der Waals surface area contributed by atoms with Crippen LogP contribution in [0.4, 0.5) is 8.78 Å². The number of hydrogen-bond acceptors (Lipinski definition) is 8. The molecule has 252 valence electrons. The number of fused-ring (bicyclic) bond motifs is 2. The van der Waals surface area contributed by atoms with Gasteiger partial charge in [-0.05, 0) is 108 Å². The van der Waals surface area contributed by atoms with Crippen molar-refractivity contribution in [2.45, 2.75) is 19.6 Å². The van der Waals surface area contributed by atoms with Crippen molar-refractivity contribution >= 4 is 43.5 Å². The van der Waals surface area contributed by atoms with Gasteiger partial charge < -0.3 is 0 Å². The van der Waals surface area contributed by atoms with E-state index in [-0.39, 0.29) is 11.3 Å². The van der Waals surface area contributed by atoms with Gasteiger partial charge in [0.1, 0.15) is 35.9 Å². The van der Waals surface area contributed by atoms with Crippen molar-refractivity contribution in [1.82, 2.24) is 48.8 Å². The van der Waals surface area contributed by atoms with Crippen LogP contribution in [0, 0.1) is 29.1 Å². The minimum absolute atomic E-state index is 0.179. The minimum Gasteiger partial charge on any atom is -0.238 e. The third-order valence-corrected chi connectivity index (χ3v) is 9.36. The van der Waals surface area contributed by atoms with Gasteiger partial charge in [0.25, 0.3) is 0 Å². The summed E-state index contributed by atoms with van der Waals surface area (Å²) in [5, 5.41) is 17.3. The number of halogens is 3. The smallest absolute Gasteiger partial charge is 0.151 e. The Labute approximate surface area is 298 Å². The zero-order chi connectivity index (χ0) is 35.2. The van der Waals surface area contributed by atoms with Gasteiger partial charge in [-0.25, -0.2) is 45.6 Å². The normalized spacial score (nSPS) is 11.6. The van der Waals surface area contributed by atoms with E-state index in [2.05, 4.69) is 53.0 Å². The molecule has 6 heterocycles. The lowest BCUT2D eigenvalue weighted by Crippen LogP contribution is -2.01. The Morgan fingerprint density at radius 3 is 1.88 bits per heavy atom. The minimum atomic E-state index is -3.35. The molecule has 0 saturated carbocycles. The molecule has 16 heteroatoms. The molecule has 2 aromatic carbocycles. The number of aryl methyl sites for hydroxylation is 2. The van der Waals surface area contributed by atoms with Crippen LogP contribution < -0.4 is 0 Å². The first-order chi connectivity index (χ1) is 23.9. The summed E-state index contributed by atoms with van der Waals surface area (Å²) in [6, 6.07) is 16.2. The highest BCUT2D eigenvalue weighted by Gasteiger charge is 2.16. The van der Waals surface area contributed by atoms with E-state index in [1.165, 1.54) is 12.1 Å². The summed E-state index contributed by atoms with van der Waals surface area (Å²) < 4.78 is 60.0. The van der Waals surface area contributed by atoms with Gasteiger partial charge in [0, 0.05) is 23.4 Å². The van der Waals surface area contributed by atoms with Crippen LogP contribution in [0.2, 0.25) is 0 Å². The fourth-order valence-corrected chi connectivity index (χ4v) is 6.79. The van der Waals surface area contributed by atoms with Crippen LogP contribution in [0.1, 0.15) is 17.2 Å². The van der Waals surface area contributed by atoms with Gasteiger partial charge in [-0.3, -0.25) is 0 Å². The van der Waals surface area contributed by atoms with Crippen LogP contribution in [-0.2, 0) is 15.6 Å². The number of aromatic nitrogens is 10. The Morgan fingerprint density at radius 2 is 1.30 bits per heavy atom. The van der Waals surface area contributed by atoms with Crippen LogP contribution in [0.5, 0.6) is 0 Å². The lowest BCUT2D eigenvalue weighted by atomic mass is 9.96.